The minimum absolute atomic E-state index is 0.219. The Morgan fingerprint density at radius 3 is 3.04 bits per heavy atom. The molecule has 24 heavy (non-hydrogen) atoms. The molecule has 0 radical (unpaired) electrons. The fourth-order valence-corrected chi connectivity index (χ4v) is 3.81. The lowest BCUT2D eigenvalue weighted by molar-refractivity contribution is -0.102. The second-order valence-corrected chi connectivity index (χ2v) is 6.71. The van der Waals surface area contributed by atoms with Crippen LogP contribution in [0.1, 0.15) is 30.4 Å². The molecular formula is C19H24N2O3. The zero-order chi connectivity index (χ0) is 16.2. The van der Waals surface area contributed by atoms with Crippen LogP contribution in [0.2, 0.25) is 0 Å². The average molecular weight is 328 g/mol. The molecule has 0 spiro atoms. The molecule has 4 rings (SSSR count). The van der Waals surface area contributed by atoms with Crippen molar-refractivity contribution in [2.75, 3.05) is 13.2 Å². The highest BCUT2D eigenvalue weighted by Crippen LogP contribution is 2.32. The van der Waals surface area contributed by atoms with E-state index in [-0.39, 0.29) is 6.10 Å². The number of rotatable bonds is 6. The van der Waals surface area contributed by atoms with Gasteiger partial charge in [0, 0.05) is 37.1 Å². The maximum Gasteiger partial charge on any atom is 0.0947 e. The van der Waals surface area contributed by atoms with E-state index in [1.807, 2.05) is 30.7 Å². The summed E-state index contributed by atoms with van der Waals surface area (Å²) in [6, 6.07) is 6.56. The summed E-state index contributed by atoms with van der Waals surface area (Å²) in [4.78, 5) is 6.64. The molecule has 0 unspecified atom stereocenters. The van der Waals surface area contributed by atoms with Crippen LogP contribution in [-0.4, -0.2) is 41.3 Å². The summed E-state index contributed by atoms with van der Waals surface area (Å²) in [6.45, 7) is 3.33. The van der Waals surface area contributed by atoms with E-state index >= 15 is 0 Å². The Kier molecular flexibility index (Phi) is 4.92. The lowest BCUT2D eigenvalue weighted by Gasteiger charge is -2.35. The van der Waals surface area contributed by atoms with Crippen molar-refractivity contribution >= 4 is 0 Å². The largest absolute Gasteiger partial charge is 0.472 e. The SMILES string of the molecule is c1cncc(COC[C@@H]2CC[C@@H]3[C@@H](CCN3Cc3ccoc3)O2)c1. The van der Waals surface area contributed by atoms with Gasteiger partial charge in [-0.15, -0.1) is 0 Å². The van der Waals surface area contributed by atoms with Gasteiger partial charge in [0.25, 0.3) is 0 Å². The first-order valence-electron chi connectivity index (χ1n) is 8.76. The van der Waals surface area contributed by atoms with Crippen molar-refractivity contribution in [2.24, 2.45) is 0 Å². The van der Waals surface area contributed by atoms with Crippen LogP contribution in [-0.2, 0) is 22.6 Å². The van der Waals surface area contributed by atoms with Crippen LogP contribution in [0.25, 0.3) is 0 Å². The highest BCUT2D eigenvalue weighted by Gasteiger charge is 2.39. The predicted molar refractivity (Wildman–Crippen MR) is 89.3 cm³/mol. The van der Waals surface area contributed by atoms with Crippen molar-refractivity contribution in [2.45, 2.75) is 50.7 Å². The van der Waals surface area contributed by atoms with E-state index in [2.05, 4.69) is 9.88 Å². The third-order valence-electron chi connectivity index (χ3n) is 5.01. The molecule has 3 atom stereocenters. The van der Waals surface area contributed by atoms with Crippen molar-refractivity contribution in [3.63, 3.8) is 0 Å². The molecule has 4 heterocycles. The van der Waals surface area contributed by atoms with E-state index in [0.29, 0.717) is 25.4 Å². The van der Waals surface area contributed by atoms with E-state index in [1.165, 1.54) is 12.0 Å². The Morgan fingerprint density at radius 2 is 2.21 bits per heavy atom. The van der Waals surface area contributed by atoms with Gasteiger partial charge in [-0.05, 0) is 37.0 Å². The van der Waals surface area contributed by atoms with Crippen molar-refractivity contribution in [1.82, 2.24) is 9.88 Å². The molecule has 5 heteroatoms. The Balaban J connectivity index is 1.23. The third-order valence-corrected chi connectivity index (χ3v) is 5.01. The molecule has 0 aliphatic carbocycles. The molecule has 2 aromatic rings. The predicted octanol–water partition coefficient (Wildman–Crippen LogP) is 3.01. The van der Waals surface area contributed by atoms with Crippen molar-refractivity contribution in [1.29, 1.82) is 0 Å². The van der Waals surface area contributed by atoms with Gasteiger partial charge >= 0.3 is 0 Å². The molecule has 2 saturated heterocycles. The maximum absolute atomic E-state index is 6.29. The van der Waals surface area contributed by atoms with Gasteiger partial charge in [-0.25, -0.2) is 0 Å². The summed E-state index contributed by atoms with van der Waals surface area (Å²) in [5.74, 6) is 0. The van der Waals surface area contributed by atoms with Crippen LogP contribution in [0, 0.1) is 0 Å². The normalized spacial score (nSPS) is 27.2. The highest BCUT2D eigenvalue weighted by molar-refractivity contribution is 5.07. The summed E-state index contributed by atoms with van der Waals surface area (Å²) in [5, 5.41) is 0. The molecule has 128 valence electrons. The van der Waals surface area contributed by atoms with Gasteiger partial charge in [0.15, 0.2) is 0 Å². The summed E-state index contributed by atoms with van der Waals surface area (Å²) in [5.41, 5.74) is 2.36. The Hall–Kier alpha value is -1.69. The minimum atomic E-state index is 0.219. The van der Waals surface area contributed by atoms with E-state index < -0.39 is 0 Å². The van der Waals surface area contributed by atoms with Crippen molar-refractivity contribution in [3.05, 3.63) is 54.2 Å². The molecule has 0 N–H and O–H groups in total. The summed E-state index contributed by atoms with van der Waals surface area (Å²) in [6.07, 6.45) is 11.1. The smallest absolute Gasteiger partial charge is 0.0947 e. The number of pyridine rings is 1. The standard InChI is InChI=1S/C19H24N2O3/c1-2-15(10-20-7-1)12-23-14-17-3-4-18-19(24-17)5-8-21(18)11-16-6-9-22-13-16/h1-2,6-7,9-10,13,17-19H,3-5,8,11-12,14H2/t17-,18+,19+/m0/s1. The number of nitrogens with zero attached hydrogens (tertiary/aromatic N) is 2. The maximum atomic E-state index is 6.29. The lowest BCUT2D eigenvalue weighted by atomic mass is 9.99. The highest BCUT2D eigenvalue weighted by atomic mass is 16.5. The first kappa shape index (κ1) is 15.8. The molecule has 0 aromatic carbocycles. The molecule has 2 aliphatic heterocycles. The molecule has 2 aliphatic rings. The first-order valence-corrected chi connectivity index (χ1v) is 8.76. The van der Waals surface area contributed by atoms with Crippen molar-refractivity contribution < 1.29 is 13.9 Å². The topological polar surface area (TPSA) is 47.7 Å². The molecule has 0 saturated carbocycles. The molecule has 5 nitrogen and oxygen atoms in total. The fourth-order valence-electron chi connectivity index (χ4n) is 3.81. The Labute approximate surface area is 142 Å². The van der Waals surface area contributed by atoms with Gasteiger partial charge in [0.1, 0.15) is 0 Å². The van der Waals surface area contributed by atoms with Crippen LogP contribution in [0.5, 0.6) is 0 Å². The van der Waals surface area contributed by atoms with Gasteiger partial charge in [-0.1, -0.05) is 6.07 Å². The van der Waals surface area contributed by atoms with E-state index in [0.717, 1.165) is 31.5 Å². The molecule has 2 aromatic heterocycles. The van der Waals surface area contributed by atoms with Crippen LogP contribution in [0.15, 0.2) is 47.5 Å². The van der Waals surface area contributed by atoms with Crippen molar-refractivity contribution in [3.8, 4) is 0 Å². The van der Waals surface area contributed by atoms with Gasteiger partial charge in [-0.2, -0.15) is 0 Å². The molecule has 2 fully saturated rings. The summed E-state index contributed by atoms with van der Waals surface area (Å²) >= 11 is 0. The van der Waals surface area contributed by atoms with E-state index in [1.54, 1.807) is 12.5 Å². The Bertz CT molecular complexity index is 617. The minimum Gasteiger partial charge on any atom is -0.472 e. The number of hydrogen-bond donors (Lipinski definition) is 0. The monoisotopic (exact) mass is 328 g/mol. The number of fused-ring (bicyclic) bond motifs is 1. The lowest BCUT2D eigenvalue weighted by Crippen LogP contribution is -2.43. The van der Waals surface area contributed by atoms with Crippen LogP contribution < -0.4 is 0 Å². The van der Waals surface area contributed by atoms with E-state index in [4.69, 9.17) is 13.9 Å². The fraction of sp³-hybridized carbons (Fsp3) is 0.526. The van der Waals surface area contributed by atoms with E-state index in [9.17, 15) is 0 Å². The van der Waals surface area contributed by atoms with Gasteiger partial charge in [0.2, 0.25) is 0 Å². The zero-order valence-electron chi connectivity index (χ0n) is 13.8. The number of likely N-dealkylation sites (tertiary alicyclic amines) is 1. The van der Waals surface area contributed by atoms with Gasteiger partial charge in [-0.3, -0.25) is 9.88 Å². The number of aromatic nitrogens is 1. The average Bonchev–Trinajstić information content (AvgIpc) is 3.26. The number of furan rings is 1. The van der Waals surface area contributed by atoms with Crippen LogP contribution in [0.4, 0.5) is 0 Å². The summed E-state index contributed by atoms with van der Waals surface area (Å²) in [7, 11) is 0. The quantitative estimate of drug-likeness (QED) is 0.816. The second kappa shape index (κ2) is 7.47. The number of hydrogen-bond acceptors (Lipinski definition) is 5. The zero-order valence-corrected chi connectivity index (χ0v) is 13.8. The van der Waals surface area contributed by atoms with Gasteiger partial charge in [0.05, 0.1) is 37.9 Å². The second-order valence-electron chi connectivity index (χ2n) is 6.71. The number of ether oxygens (including phenoxy) is 2. The van der Waals surface area contributed by atoms with Crippen LogP contribution >= 0.6 is 0 Å². The van der Waals surface area contributed by atoms with Crippen LogP contribution in [0.3, 0.4) is 0 Å². The first-order chi connectivity index (χ1) is 11.9. The molecular weight excluding hydrogens is 304 g/mol. The molecule has 0 bridgehead atoms. The third kappa shape index (κ3) is 3.69. The molecule has 0 amide bonds. The Morgan fingerprint density at radius 1 is 1.21 bits per heavy atom. The van der Waals surface area contributed by atoms with Gasteiger partial charge < -0.3 is 13.9 Å². The summed E-state index contributed by atoms with van der Waals surface area (Å²) < 4.78 is 17.3.